The van der Waals surface area contributed by atoms with E-state index in [0.717, 1.165) is 56.2 Å². The maximum Gasteiger partial charge on any atom is 0.348 e. The molecule has 164 valence electrons. The molecule has 0 saturated heterocycles. The second kappa shape index (κ2) is 9.56. The van der Waals surface area contributed by atoms with Gasteiger partial charge < -0.3 is 10.0 Å². The van der Waals surface area contributed by atoms with Crippen LogP contribution in [0.25, 0.3) is 0 Å². The SMILES string of the molecule is CC1CCC(N(C(=O)C2CCCCC2)c2cc(C#CC(C)(C)C)sc2C(=O)O)CC1. The van der Waals surface area contributed by atoms with Crippen molar-refractivity contribution in [2.75, 3.05) is 4.90 Å². The summed E-state index contributed by atoms with van der Waals surface area (Å²) in [5.74, 6) is 6.20. The number of carbonyl (C=O) groups excluding carboxylic acids is 1. The molecule has 2 saturated carbocycles. The maximum absolute atomic E-state index is 13.7. The van der Waals surface area contributed by atoms with Crippen molar-refractivity contribution in [3.05, 3.63) is 15.8 Å². The number of aromatic carboxylic acids is 1. The molecule has 0 aromatic carbocycles. The van der Waals surface area contributed by atoms with E-state index in [1.165, 1.54) is 17.8 Å². The van der Waals surface area contributed by atoms with Gasteiger partial charge in [0, 0.05) is 17.4 Å². The Balaban J connectivity index is 2.00. The summed E-state index contributed by atoms with van der Waals surface area (Å²) in [4.78, 5) is 28.6. The van der Waals surface area contributed by atoms with Gasteiger partial charge in [0.1, 0.15) is 4.88 Å². The highest BCUT2D eigenvalue weighted by molar-refractivity contribution is 7.15. The fraction of sp³-hybridized carbons (Fsp3) is 0.680. The standard InChI is InChI=1S/C25H35NO3S/c1-17-10-12-19(13-11-17)26(23(27)18-8-6-5-7-9-18)21-16-20(14-15-25(2,3)4)30-22(21)24(28)29/h16-19H,5-13H2,1-4H3,(H,28,29). The lowest BCUT2D eigenvalue weighted by Crippen LogP contribution is -2.46. The Hall–Kier alpha value is -1.80. The van der Waals surface area contributed by atoms with E-state index in [0.29, 0.717) is 11.6 Å². The van der Waals surface area contributed by atoms with Crippen LogP contribution in [-0.4, -0.2) is 23.0 Å². The number of carboxylic acids is 1. The van der Waals surface area contributed by atoms with Gasteiger partial charge in [0.25, 0.3) is 0 Å². The van der Waals surface area contributed by atoms with Gasteiger partial charge >= 0.3 is 5.97 Å². The molecule has 3 rings (SSSR count). The number of anilines is 1. The summed E-state index contributed by atoms with van der Waals surface area (Å²) in [6, 6.07) is 1.94. The third kappa shape index (κ3) is 5.66. The minimum Gasteiger partial charge on any atom is -0.477 e. The lowest BCUT2D eigenvalue weighted by Gasteiger charge is -2.38. The van der Waals surface area contributed by atoms with Gasteiger partial charge in [-0.05, 0) is 71.3 Å². The number of thiophene rings is 1. The number of carbonyl (C=O) groups is 2. The zero-order chi connectivity index (χ0) is 21.9. The zero-order valence-electron chi connectivity index (χ0n) is 18.8. The normalized spacial score (nSPS) is 22.8. The van der Waals surface area contributed by atoms with Gasteiger partial charge in [0.05, 0.1) is 10.6 Å². The van der Waals surface area contributed by atoms with Crippen molar-refractivity contribution in [2.24, 2.45) is 17.3 Å². The second-order valence-corrected chi connectivity index (χ2v) is 11.1. The van der Waals surface area contributed by atoms with E-state index in [4.69, 9.17) is 0 Å². The van der Waals surface area contributed by atoms with Crippen LogP contribution < -0.4 is 4.90 Å². The van der Waals surface area contributed by atoms with Crippen LogP contribution in [0, 0.1) is 29.1 Å². The van der Waals surface area contributed by atoms with Gasteiger partial charge in [0.2, 0.25) is 5.91 Å². The molecule has 30 heavy (non-hydrogen) atoms. The van der Waals surface area contributed by atoms with Crippen molar-refractivity contribution in [3.8, 4) is 11.8 Å². The summed E-state index contributed by atoms with van der Waals surface area (Å²) in [5, 5.41) is 9.91. The number of hydrogen-bond acceptors (Lipinski definition) is 3. The van der Waals surface area contributed by atoms with Gasteiger partial charge in [-0.2, -0.15) is 0 Å². The van der Waals surface area contributed by atoms with E-state index in [9.17, 15) is 14.7 Å². The highest BCUT2D eigenvalue weighted by Crippen LogP contribution is 2.38. The number of amides is 1. The Labute approximate surface area is 185 Å². The van der Waals surface area contributed by atoms with Crippen molar-refractivity contribution in [1.82, 2.24) is 0 Å². The summed E-state index contributed by atoms with van der Waals surface area (Å²) >= 11 is 1.20. The molecule has 0 unspecified atom stereocenters. The highest BCUT2D eigenvalue weighted by atomic mass is 32.1. The summed E-state index contributed by atoms with van der Waals surface area (Å²) in [6.07, 6.45) is 9.26. The van der Waals surface area contributed by atoms with Crippen molar-refractivity contribution in [3.63, 3.8) is 0 Å². The molecular formula is C25H35NO3S. The summed E-state index contributed by atoms with van der Waals surface area (Å²) in [5.41, 5.74) is 0.408. The molecule has 0 aliphatic heterocycles. The predicted octanol–water partition coefficient (Wildman–Crippen LogP) is 6.34. The molecule has 0 radical (unpaired) electrons. The van der Waals surface area contributed by atoms with E-state index in [2.05, 4.69) is 18.8 Å². The van der Waals surface area contributed by atoms with E-state index in [1.807, 2.05) is 31.7 Å². The van der Waals surface area contributed by atoms with Crippen LogP contribution in [0.4, 0.5) is 5.69 Å². The largest absolute Gasteiger partial charge is 0.477 e. The zero-order valence-corrected chi connectivity index (χ0v) is 19.6. The number of hydrogen-bond donors (Lipinski definition) is 1. The Morgan fingerprint density at radius 1 is 1.07 bits per heavy atom. The number of carboxylic acid groups (broad SMARTS) is 1. The van der Waals surface area contributed by atoms with E-state index in [1.54, 1.807) is 0 Å². The van der Waals surface area contributed by atoms with E-state index in [-0.39, 0.29) is 28.2 Å². The Morgan fingerprint density at radius 3 is 2.27 bits per heavy atom. The lowest BCUT2D eigenvalue weighted by atomic mass is 9.84. The average Bonchev–Trinajstić information content (AvgIpc) is 3.12. The molecule has 2 fully saturated rings. The molecule has 4 nitrogen and oxygen atoms in total. The van der Waals surface area contributed by atoms with Crippen LogP contribution in [0.5, 0.6) is 0 Å². The summed E-state index contributed by atoms with van der Waals surface area (Å²) in [6.45, 7) is 8.37. The van der Waals surface area contributed by atoms with E-state index >= 15 is 0 Å². The molecule has 1 N–H and O–H groups in total. The molecular weight excluding hydrogens is 394 g/mol. The Bertz CT molecular complexity index is 825. The highest BCUT2D eigenvalue weighted by Gasteiger charge is 2.36. The van der Waals surface area contributed by atoms with Gasteiger partial charge in [-0.1, -0.05) is 38.0 Å². The van der Waals surface area contributed by atoms with Gasteiger partial charge in [-0.15, -0.1) is 11.3 Å². The number of nitrogens with zero attached hydrogens (tertiary/aromatic N) is 1. The van der Waals surface area contributed by atoms with Gasteiger partial charge in [0.15, 0.2) is 0 Å². The molecule has 1 amide bonds. The molecule has 5 heteroatoms. The average molecular weight is 430 g/mol. The molecule has 0 bridgehead atoms. The fourth-order valence-corrected chi connectivity index (χ4v) is 5.41. The van der Waals surface area contributed by atoms with Gasteiger partial charge in [-0.3, -0.25) is 4.79 Å². The topological polar surface area (TPSA) is 57.6 Å². The molecule has 0 atom stereocenters. The van der Waals surface area contributed by atoms with Crippen LogP contribution in [0.3, 0.4) is 0 Å². The quantitative estimate of drug-likeness (QED) is 0.569. The van der Waals surface area contributed by atoms with E-state index < -0.39 is 5.97 Å². The molecule has 1 aromatic rings. The Morgan fingerprint density at radius 2 is 1.70 bits per heavy atom. The Kier molecular flexibility index (Phi) is 7.29. The maximum atomic E-state index is 13.7. The molecule has 1 aromatic heterocycles. The van der Waals surface area contributed by atoms with Crippen molar-refractivity contribution < 1.29 is 14.7 Å². The second-order valence-electron chi connectivity index (χ2n) is 10.1. The van der Waals surface area contributed by atoms with Crippen molar-refractivity contribution in [1.29, 1.82) is 0 Å². The number of rotatable bonds is 4. The van der Waals surface area contributed by atoms with Crippen LogP contribution in [0.1, 0.15) is 100 Å². The third-order valence-corrected chi connectivity index (χ3v) is 7.30. The summed E-state index contributed by atoms with van der Waals surface area (Å²) in [7, 11) is 0. The summed E-state index contributed by atoms with van der Waals surface area (Å²) < 4.78 is 0. The first-order valence-electron chi connectivity index (χ1n) is 11.4. The minimum absolute atomic E-state index is 0.0174. The van der Waals surface area contributed by atoms with Crippen LogP contribution in [0.2, 0.25) is 0 Å². The molecule has 1 heterocycles. The molecule has 2 aliphatic carbocycles. The first-order valence-corrected chi connectivity index (χ1v) is 12.2. The molecule has 0 spiro atoms. The first kappa shape index (κ1) is 22.9. The van der Waals surface area contributed by atoms with Crippen molar-refractivity contribution >= 4 is 28.9 Å². The predicted molar refractivity (Wildman–Crippen MR) is 123 cm³/mol. The van der Waals surface area contributed by atoms with Crippen molar-refractivity contribution in [2.45, 2.75) is 91.5 Å². The molecule has 2 aliphatic rings. The fourth-order valence-electron chi connectivity index (χ4n) is 4.57. The minimum atomic E-state index is -0.968. The third-order valence-electron chi connectivity index (χ3n) is 6.27. The lowest BCUT2D eigenvalue weighted by molar-refractivity contribution is -0.124. The smallest absolute Gasteiger partial charge is 0.348 e. The monoisotopic (exact) mass is 429 g/mol. The van der Waals surface area contributed by atoms with Crippen LogP contribution >= 0.6 is 11.3 Å². The van der Waals surface area contributed by atoms with Crippen LogP contribution in [0.15, 0.2) is 6.07 Å². The first-order chi connectivity index (χ1) is 14.2. The van der Waals surface area contributed by atoms with Crippen LogP contribution in [-0.2, 0) is 4.79 Å². The van der Waals surface area contributed by atoms with Gasteiger partial charge in [-0.25, -0.2) is 4.79 Å².